The van der Waals surface area contributed by atoms with Gasteiger partial charge in [0.15, 0.2) is 0 Å². The minimum Gasteiger partial charge on any atom is -0.466 e. The first kappa shape index (κ1) is 55.2. The standard InChI is InChI=1S/C49H96N2O6/c1-6-9-12-15-18-27-34-44-55-47(52)38-30-23-19-25-32-41-51(43-35-40-50-49(54)56-45(4)5)42-33-26-20-24-31-39-48(53)57-46(36-28-21-16-13-10-7-2)37-29-22-17-14-11-8-3/h45-46H,6-44H2,1-5H3,(H,50,54). The van der Waals surface area contributed by atoms with Gasteiger partial charge in [0.05, 0.1) is 12.7 Å². The van der Waals surface area contributed by atoms with E-state index in [1.54, 1.807) is 0 Å². The molecule has 0 aliphatic heterocycles. The quantitative estimate of drug-likeness (QED) is 0.0372. The molecule has 0 bridgehead atoms. The first-order valence-electron chi connectivity index (χ1n) is 24.8. The highest BCUT2D eigenvalue weighted by molar-refractivity contribution is 5.69. The number of esters is 2. The highest BCUT2D eigenvalue weighted by Crippen LogP contribution is 2.19. The van der Waals surface area contributed by atoms with Gasteiger partial charge in [-0.2, -0.15) is 0 Å². The Balaban J connectivity index is 4.39. The molecule has 57 heavy (non-hydrogen) atoms. The second-order valence-corrected chi connectivity index (χ2v) is 17.2. The molecule has 1 N–H and O–H groups in total. The molecule has 0 spiro atoms. The zero-order valence-electron chi connectivity index (χ0n) is 38.6. The molecule has 0 rings (SSSR count). The summed E-state index contributed by atoms with van der Waals surface area (Å²) >= 11 is 0. The second kappa shape index (κ2) is 43.7. The molecular weight excluding hydrogens is 713 g/mol. The van der Waals surface area contributed by atoms with Crippen LogP contribution in [0.5, 0.6) is 0 Å². The van der Waals surface area contributed by atoms with Crippen molar-refractivity contribution in [3.05, 3.63) is 0 Å². The van der Waals surface area contributed by atoms with Crippen molar-refractivity contribution in [2.75, 3.05) is 32.8 Å². The van der Waals surface area contributed by atoms with Crippen LogP contribution in [0.2, 0.25) is 0 Å². The Labute approximate surface area is 353 Å². The number of ether oxygens (including phenoxy) is 3. The Kier molecular flexibility index (Phi) is 42.3. The van der Waals surface area contributed by atoms with Gasteiger partial charge in [-0.3, -0.25) is 9.59 Å². The molecule has 0 saturated carbocycles. The minimum atomic E-state index is -0.340. The van der Waals surface area contributed by atoms with Gasteiger partial charge in [-0.25, -0.2) is 4.79 Å². The lowest BCUT2D eigenvalue weighted by Crippen LogP contribution is -2.32. The molecule has 8 heteroatoms. The van der Waals surface area contributed by atoms with E-state index in [0.29, 0.717) is 26.0 Å². The van der Waals surface area contributed by atoms with E-state index in [0.717, 1.165) is 116 Å². The lowest BCUT2D eigenvalue weighted by molar-refractivity contribution is -0.150. The van der Waals surface area contributed by atoms with Crippen molar-refractivity contribution in [3.63, 3.8) is 0 Å². The van der Waals surface area contributed by atoms with Crippen molar-refractivity contribution in [1.29, 1.82) is 0 Å². The molecule has 0 aliphatic carbocycles. The first-order chi connectivity index (χ1) is 27.8. The van der Waals surface area contributed by atoms with Gasteiger partial charge in [-0.1, -0.05) is 162 Å². The van der Waals surface area contributed by atoms with Crippen LogP contribution in [0, 0.1) is 0 Å². The molecular formula is C49H96N2O6. The van der Waals surface area contributed by atoms with Crippen LogP contribution in [-0.2, 0) is 23.8 Å². The molecule has 0 radical (unpaired) electrons. The lowest BCUT2D eigenvalue weighted by atomic mass is 10.0. The number of nitrogens with one attached hydrogen (secondary N) is 1. The molecule has 0 aromatic heterocycles. The maximum atomic E-state index is 12.8. The van der Waals surface area contributed by atoms with Gasteiger partial charge >= 0.3 is 18.0 Å². The molecule has 0 aromatic rings. The molecule has 0 fully saturated rings. The van der Waals surface area contributed by atoms with Crippen LogP contribution < -0.4 is 5.32 Å². The zero-order valence-corrected chi connectivity index (χ0v) is 38.6. The molecule has 0 heterocycles. The van der Waals surface area contributed by atoms with Gasteiger partial charge in [0.25, 0.3) is 0 Å². The highest BCUT2D eigenvalue weighted by atomic mass is 16.6. The largest absolute Gasteiger partial charge is 0.466 e. The Morgan fingerprint density at radius 3 is 1.35 bits per heavy atom. The van der Waals surface area contributed by atoms with E-state index < -0.39 is 0 Å². The van der Waals surface area contributed by atoms with E-state index in [1.165, 1.54) is 109 Å². The van der Waals surface area contributed by atoms with Crippen LogP contribution in [-0.4, -0.2) is 67.9 Å². The molecule has 338 valence electrons. The average Bonchev–Trinajstić information content (AvgIpc) is 3.18. The van der Waals surface area contributed by atoms with Crippen LogP contribution in [0.25, 0.3) is 0 Å². The fourth-order valence-electron chi connectivity index (χ4n) is 7.48. The summed E-state index contributed by atoms with van der Waals surface area (Å²) in [6.07, 6.45) is 38.5. The molecule has 1 amide bonds. The van der Waals surface area contributed by atoms with E-state index in [1.807, 2.05) is 13.8 Å². The normalized spacial score (nSPS) is 11.5. The van der Waals surface area contributed by atoms with Gasteiger partial charge in [0, 0.05) is 19.4 Å². The number of carbonyl (C=O) groups is 3. The van der Waals surface area contributed by atoms with Crippen molar-refractivity contribution >= 4 is 18.0 Å². The summed E-state index contributed by atoms with van der Waals surface area (Å²) in [6, 6.07) is 0. The third-order valence-corrected chi connectivity index (χ3v) is 11.0. The third kappa shape index (κ3) is 42.1. The zero-order chi connectivity index (χ0) is 41.9. The van der Waals surface area contributed by atoms with Crippen molar-refractivity contribution in [2.24, 2.45) is 0 Å². The van der Waals surface area contributed by atoms with Crippen LogP contribution in [0.1, 0.15) is 253 Å². The van der Waals surface area contributed by atoms with E-state index in [9.17, 15) is 14.4 Å². The number of hydrogen-bond acceptors (Lipinski definition) is 7. The van der Waals surface area contributed by atoms with E-state index >= 15 is 0 Å². The number of nitrogens with zero attached hydrogens (tertiary/aromatic N) is 1. The number of carbonyl (C=O) groups excluding carboxylic acids is 3. The molecule has 8 nitrogen and oxygen atoms in total. The fraction of sp³-hybridized carbons (Fsp3) is 0.939. The van der Waals surface area contributed by atoms with Crippen LogP contribution in [0.4, 0.5) is 4.79 Å². The SMILES string of the molecule is CCCCCCCCCOC(=O)CCCCCCCN(CCCCCCCC(=O)OC(CCCCCCCC)CCCCCCCC)CCCNC(=O)OC(C)C. The summed E-state index contributed by atoms with van der Waals surface area (Å²) in [5, 5.41) is 2.88. The molecule has 0 unspecified atom stereocenters. The van der Waals surface area contributed by atoms with Crippen molar-refractivity contribution in [2.45, 2.75) is 265 Å². The van der Waals surface area contributed by atoms with Crippen molar-refractivity contribution < 1.29 is 28.6 Å². The number of rotatable bonds is 44. The van der Waals surface area contributed by atoms with E-state index in [-0.39, 0.29) is 30.2 Å². The Hall–Kier alpha value is -1.83. The summed E-state index contributed by atoms with van der Waals surface area (Å²) in [6.45, 7) is 14.7. The van der Waals surface area contributed by atoms with Gasteiger partial charge in [0.2, 0.25) is 0 Å². The lowest BCUT2D eigenvalue weighted by Gasteiger charge is -2.22. The topological polar surface area (TPSA) is 94.2 Å². The van der Waals surface area contributed by atoms with Crippen LogP contribution >= 0.6 is 0 Å². The maximum Gasteiger partial charge on any atom is 0.407 e. The second-order valence-electron chi connectivity index (χ2n) is 17.2. The van der Waals surface area contributed by atoms with E-state index in [4.69, 9.17) is 14.2 Å². The molecule has 0 aromatic carbocycles. The van der Waals surface area contributed by atoms with Crippen molar-refractivity contribution in [3.8, 4) is 0 Å². The smallest absolute Gasteiger partial charge is 0.407 e. The Morgan fingerprint density at radius 1 is 0.456 bits per heavy atom. The summed E-state index contributed by atoms with van der Waals surface area (Å²) in [4.78, 5) is 39.4. The van der Waals surface area contributed by atoms with Gasteiger partial charge in [0.1, 0.15) is 6.10 Å². The average molecular weight is 809 g/mol. The summed E-state index contributed by atoms with van der Waals surface area (Å²) in [7, 11) is 0. The van der Waals surface area contributed by atoms with E-state index in [2.05, 4.69) is 31.0 Å². The molecule has 0 saturated heterocycles. The van der Waals surface area contributed by atoms with Crippen molar-refractivity contribution in [1.82, 2.24) is 10.2 Å². The molecule has 0 aliphatic rings. The van der Waals surface area contributed by atoms with Gasteiger partial charge < -0.3 is 24.4 Å². The predicted molar refractivity (Wildman–Crippen MR) is 241 cm³/mol. The number of unbranched alkanes of at least 4 members (excludes halogenated alkanes) is 24. The summed E-state index contributed by atoms with van der Waals surface area (Å²) < 4.78 is 16.7. The summed E-state index contributed by atoms with van der Waals surface area (Å²) in [5.41, 5.74) is 0. The number of alkyl carbamates (subject to hydrolysis) is 1. The Morgan fingerprint density at radius 2 is 0.860 bits per heavy atom. The third-order valence-electron chi connectivity index (χ3n) is 11.0. The van der Waals surface area contributed by atoms with Crippen LogP contribution in [0.3, 0.4) is 0 Å². The summed E-state index contributed by atoms with van der Waals surface area (Å²) in [5.74, 6) is -0.0306. The monoisotopic (exact) mass is 809 g/mol. The Bertz CT molecular complexity index is 868. The fourth-order valence-corrected chi connectivity index (χ4v) is 7.48. The first-order valence-corrected chi connectivity index (χ1v) is 24.8. The minimum absolute atomic E-state index is 0.00719. The van der Waals surface area contributed by atoms with Crippen LogP contribution in [0.15, 0.2) is 0 Å². The number of hydrogen-bond donors (Lipinski definition) is 1. The maximum absolute atomic E-state index is 12.8. The predicted octanol–water partition coefficient (Wildman–Crippen LogP) is 14.2. The molecule has 0 atom stereocenters. The van der Waals surface area contributed by atoms with Gasteiger partial charge in [-0.15, -0.1) is 0 Å². The highest BCUT2D eigenvalue weighted by Gasteiger charge is 2.15. The number of amides is 1. The van der Waals surface area contributed by atoms with Gasteiger partial charge in [-0.05, 0) is 97.7 Å².